The van der Waals surface area contributed by atoms with Gasteiger partial charge in [0, 0.05) is 5.38 Å². The molecule has 0 unspecified atom stereocenters. The number of ether oxygens (including phenoxy) is 2. The van der Waals surface area contributed by atoms with Gasteiger partial charge in [0.2, 0.25) is 5.95 Å². The van der Waals surface area contributed by atoms with Crippen LogP contribution in [0.1, 0.15) is 0 Å². The largest absolute Gasteiger partial charge is 0.494 e. The van der Waals surface area contributed by atoms with Gasteiger partial charge in [0.05, 0.1) is 19.7 Å². The molecule has 108 valence electrons. The van der Waals surface area contributed by atoms with Crippen LogP contribution >= 0.6 is 11.3 Å². The van der Waals surface area contributed by atoms with Gasteiger partial charge in [0.15, 0.2) is 5.82 Å². The summed E-state index contributed by atoms with van der Waals surface area (Å²) in [6.07, 6.45) is 0. The molecule has 3 aromatic rings. The highest BCUT2D eigenvalue weighted by Crippen LogP contribution is 2.36. The average Bonchev–Trinajstić information content (AvgIpc) is 3.15. The molecule has 0 atom stereocenters. The van der Waals surface area contributed by atoms with Crippen LogP contribution in [0, 0.1) is 0 Å². The van der Waals surface area contributed by atoms with Gasteiger partial charge in [-0.3, -0.25) is 4.57 Å². The summed E-state index contributed by atoms with van der Waals surface area (Å²) in [5.41, 5.74) is 9.04. The SMILES string of the molecule is COc1cccc(OC)c1-n1c(N)nnc1-c1cscn1. The van der Waals surface area contributed by atoms with E-state index in [1.54, 1.807) is 24.3 Å². The highest BCUT2D eigenvalue weighted by atomic mass is 32.1. The maximum Gasteiger partial charge on any atom is 0.227 e. The number of nitrogens with two attached hydrogens (primary N) is 1. The number of methoxy groups -OCH3 is 2. The van der Waals surface area contributed by atoms with Crippen LogP contribution < -0.4 is 15.2 Å². The van der Waals surface area contributed by atoms with Crippen molar-refractivity contribution in [2.75, 3.05) is 20.0 Å². The topological polar surface area (TPSA) is 88.1 Å². The monoisotopic (exact) mass is 303 g/mol. The van der Waals surface area contributed by atoms with E-state index in [1.165, 1.54) is 11.3 Å². The number of anilines is 1. The lowest BCUT2D eigenvalue weighted by atomic mass is 10.2. The minimum atomic E-state index is 0.237. The van der Waals surface area contributed by atoms with E-state index in [4.69, 9.17) is 15.2 Å². The first-order valence-electron chi connectivity index (χ1n) is 6.07. The molecule has 0 amide bonds. The molecule has 0 saturated carbocycles. The predicted octanol–water partition coefficient (Wildman–Crippen LogP) is 1.99. The number of para-hydroxylation sites is 1. The van der Waals surface area contributed by atoms with Crippen LogP contribution in [0.15, 0.2) is 29.1 Å². The zero-order valence-electron chi connectivity index (χ0n) is 11.5. The van der Waals surface area contributed by atoms with Crippen LogP contribution in [-0.2, 0) is 0 Å². The van der Waals surface area contributed by atoms with Gasteiger partial charge in [-0.1, -0.05) is 6.07 Å². The molecule has 0 saturated heterocycles. The summed E-state index contributed by atoms with van der Waals surface area (Å²) < 4.78 is 12.5. The Hall–Kier alpha value is -2.61. The number of aromatic nitrogens is 4. The van der Waals surface area contributed by atoms with Crippen LogP contribution in [0.25, 0.3) is 17.2 Å². The number of thiazole rings is 1. The Bertz CT molecular complexity index is 732. The van der Waals surface area contributed by atoms with E-state index < -0.39 is 0 Å². The molecule has 0 aliphatic carbocycles. The van der Waals surface area contributed by atoms with Crippen molar-refractivity contribution in [3.8, 4) is 28.7 Å². The van der Waals surface area contributed by atoms with Crippen LogP contribution in [0.3, 0.4) is 0 Å². The van der Waals surface area contributed by atoms with E-state index in [9.17, 15) is 0 Å². The molecule has 2 heterocycles. The Balaban J connectivity index is 2.29. The molecule has 2 N–H and O–H groups in total. The first-order chi connectivity index (χ1) is 10.3. The molecule has 0 aliphatic heterocycles. The van der Waals surface area contributed by atoms with Gasteiger partial charge in [-0.15, -0.1) is 21.5 Å². The van der Waals surface area contributed by atoms with Crippen LogP contribution in [-0.4, -0.2) is 34.0 Å². The molecule has 2 aromatic heterocycles. The number of rotatable bonds is 4. The molecule has 0 bridgehead atoms. The van der Waals surface area contributed by atoms with Gasteiger partial charge < -0.3 is 15.2 Å². The summed E-state index contributed by atoms with van der Waals surface area (Å²) in [4.78, 5) is 4.25. The second-order valence-electron chi connectivity index (χ2n) is 4.10. The van der Waals surface area contributed by atoms with Gasteiger partial charge in [-0.2, -0.15) is 0 Å². The van der Waals surface area contributed by atoms with Gasteiger partial charge in [0.1, 0.15) is 22.9 Å². The Morgan fingerprint density at radius 1 is 1.14 bits per heavy atom. The molecule has 21 heavy (non-hydrogen) atoms. The van der Waals surface area contributed by atoms with E-state index >= 15 is 0 Å². The highest BCUT2D eigenvalue weighted by molar-refractivity contribution is 7.07. The van der Waals surface area contributed by atoms with Crippen molar-refractivity contribution in [2.24, 2.45) is 0 Å². The molecule has 3 rings (SSSR count). The normalized spacial score (nSPS) is 10.6. The summed E-state index contributed by atoms with van der Waals surface area (Å²) in [5, 5.41) is 9.93. The Morgan fingerprint density at radius 3 is 2.43 bits per heavy atom. The standard InChI is InChI=1S/C13H13N5O2S/c1-19-9-4-3-5-10(20-2)11(9)18-12(16-17-13(18)14)8-6-21-7-15-8/h3-7H,1-2H3,(H2,14,17). The minimum absolute atomic E-state index is 0.237. The summed E-state index contributed by atoms with van der Waals surface area (Å²) in [6, 6.07) is 5.48. The smallest absolute Gasteiger partial charge is 0.227 e. The zero-order valence-corrected chi connectivity index (χ0v) is 12.3. The summed E-state index contributed by atoms with van der Waals surface area (Å²) >= 11 is 1.47. The number of benzene rings is 1. The number of hydrogen-bond acceptors (Lipinski definition) is 7. The Labute approximate surface area is 125 Å². The second-order valence-corrected chi connectivity index (χ2v) is 4.82. The second kappa shape index (κ2) is 5.41. The number of nitrogen functional groups attached to an aromatic ring is 1. The van der Waals surface area contributed by atoms with Gasteiger partial charge >= 0.3 is 0 Å². The third kappa shape index (κ3) is 2.19. The quantitative estimate of drug-likeness (QED) is 0.793. The van der Waals surface area contributed by atoms with E-state index in [1.807, 2.05) is 23.6 Å². The van der Waals surface area contributed by atoms with E-state index in [2.05, 4.69) is 15.2 Å². The van der Waals surface area contributed by atoms with Crippen molar-refractivity contribution >= 4 is 17.3 Å². The lowest BCUT2D eigenvalue weighted by Gasteiger charge is -2.15. The summed E-state index contributed by atoms with van der Waals surface area (Å²) in [5.74, 6) is 1.99. The van der Waals surface area contributed by atoms with Crippen molar-refractivity contribution < 1.29 is 9.47 Å². The van der Waals surface area contributed by atoms with Crippen molar-refractivity contribution in [2.45, 2.75) is 0 Å². The first kappa shape index (κ1) is 13.4. The van der Waals surface area contributed by atoms with Gasteiger partial charge in [-0.05, 0) is 12.1 Å². The molecule has 8 heteroatoms. The van der Waals surface area contributed by atoms with Crippen LogP contribution in [0.5, 0.6) is 11.5 Å². The van der Waals surface area contributed by atoms with Gasteiger partial charge in [0.25, 0.3) is 0 Å². The fourth-order valence-electron chi connectivity index (χ4n) is 2.06. The maximum atomic E-state index is 5.98. The third-order valence-corrected chi connectivity index (χ3v) is 3.56. The molecule has 0 fully saturated rings. The average molecular weight is 303 g/mol. The number of nitrogens with zero attached hydrogens (tertiary/aromatic N) is 4. The predicted molar refractivity (Wildman–Crippen MR) is 80.0 cm³/mol. The van der Waals surface area contributed by atoms with Crippen molar-refractivity contribution in [1.82, 2.24) is 19.7 Å². The Morgan fingerprint density at radius 2 is 1.86 bits per heavy atom. The van der Waals surface area contributed by atoms with Crippen LogP contribution in [0.2, 0.25) is 0 Å². The molecule has 0 aliphatic rings. The molecular weight excluding hydrogens is 290 g/mol. The third-order valence-electron chi connectivity index (χ3n) is 2.97. The summed E-state index contributed by atoms with van der Waals surface area (Å²) in [7, 11) is 3.17. The van der Waals surface area contributed by atoms with E-state index in [-0.39, 0.29) is 5.95 Å². The lowest BCUT2D eigenvalue weighted by molar-refractivity contribution is 0.391. The molecule has 7 nitrogen and oxygen atoms in total. The molecule has 0 radical (unpaired) electrons. The molecule has 1 aromatic carbocycles. The lowest BCUT2D eigenvalue weighted by Crippen LogP contribution is -2.06. The van der Waals surface area contributed by atoms with E-state index in [0.717, 1.165) is 0 Å². The Kier molecular flexibility index (Phi) is 3.44. The van der Waals surface area contributed by atoms with Crippen molar-refractivity contribution in [3.63, 3.8) is 0 Å². The fourth-order valence-corrected chi connectivity index (χ4v) is 2.59. The maximum absolute atomic E-state index is 5.98. The highest BCUT2D eigenvalue weighted by Gasteiger charge is 2.21. The van der Waals surface area contributed by atoms with Crippen molar-refractivity contribution in [1.29, 1.82) is 0 Å². The fraction of sp³-hybridized carbons (Fsp3) is 0.154. The molecule has 0 spiro atoms. The first-order valence-corrected chi connectivity index (χ1v) is 7.01. The number of hydrogen-bond donors (Lipinski definition) is 1. The van der Waals surface area contributed by atoms with E-state index in [0.29, 0.717) is 28.7 Å². The summed E-state index contributed by atoms with van der Waals surface area (Å²) in [6.45, 7) is 0. The van der Waals surface area contributed by atoms with Crippen LogP contribution in [0.4, 0.5) is 5.95 Å². The molecular formula is C13H13N5O2S. The zero-order chi connectivity index (χ0) is 14.8. The van der Waals surface area contributed by atoms with Crippen molar-refractivity contribution in [3.05, 3.63) is 29.1 Å². The van der Waals surface area contributed by atoms with Gasteiger partial charge in [-0.25, -0.2) is 4.98 Å². The minimum Gasteiger partial charge on any atom is -0.494 e.